The Morgan fingerprint density at radius 2 is 1.81 bits per heavy atom. The average molecular weight is 250 g/mol. The Balaban J connectivity index is 2.24. The van der Waals surface area contributed by atoms with E-state index in [2.05, 4.69) is 6.07 Å². The summed E-state index contributed by atoms with van der Waals surface area (Å²) in [4.78, 5) is 2.31. The summed E-state index contributed by atoms with van der Waals surface area (Å²) in [6.07, 6.45) is 0. The maximum absolute atomic E-state index is 5.93. The zero-order valence-corrected chi connectivity index (χ0v) is 10.5. The predicted molar refractivity (Wildman–Crippen MR) is 71.2 cm³/mol. The normalized spacial score (nSPS) is 10.4. The second kappa shape index (κ2) is 4.81. The van der Waals surface area contributed by atoms with Crippen LogP contribution in [-0.2, 0) is 0 Å². The number of nitrogens with two attached hydrogens (primary N) is 1. The molecule has 0 saturated heterocycles. The number of anilines is 1. The van der Waals surface area contributed by atoms with Crippen LogP contribution in [0.1, 0.15) is 5.56 Å². The van der Waals surface area contributed by atoms with Crippen LogP contribution >= 0.6 is 23.4 Å². The number of halogens is 1. The Labute approximate surface area is 105 Å². The Kier molecular flexibility index (Phi) is 3.42. The molecule has 0 aliphatic rings. The van der Waals surface area contributed by atoms with Crippen LogP contribution in [0.3, 0.4) is 0 Å². The van der Waals surface area contributed by atoms with Gasteiger partial charge in [-0.2, -0.15) is 0 Å². The maximum atomic E-state index is 5.93. The van der Waals surface area contributed by atoms with Gasteiger partial charge in [-0.25, -0.2) is 0 Å². The SMILES string of the molecule is Cc1cc(Sc2cccc(Cl)c2)ccc1N. The number of nitrogen functional groups attached to an aromatic ring is 1. The first kappa shape index (κ1) is 11.4. The van der Waals surface area contributed by atoms with Gasteiger partial charge in [-0.3, -0.25) is 0 Å². The highest BCUT2D eigenvalue weighted by atomic mass is 35.5. The van der Waals surface area contributed by atoms with Crippen molar-refractivity contribution in [1.82, 2.24) is 0 Å². The van der Waals surface area contributed by atoms with E-state index in [-0.39, 0.29) is 0 Å². The smallest absolute Gasteiger partial charge is 0.0417 e. The summed E-state index contributed by atoms with van der Waals surface area (Å²) >= 11 is 7.62. The molecule has 0 unspecified atom stereocenters. The molecular weight excluding hydrogens is 238 g/mol. The fourth-order valence-corrected chi connectivity index (χ4v) is 2.61. The summed E-state index contributed by atoms with van der Waals surface area (Å²) in [6, 6.07) is 13.9. The quantitative estimate of drug-likeness (QED) is 0.800. The lowest BCUT2D eigenvalue weighted by Gasteiger charge is -2.05. The molecule has 2 aromatic rings. The van der Waals surface area contributed by atoms with Crippen molar-refractivity contribution >= 4 is 29.1 Å². The van der Waals surface area contributed by atoms with Gasteiger partial charge in [-0.15, -0.1) is 0 Å². The van der Waals surface area contributed by atoms with Crippen molar-refractivity contribution in [3.8, 4) is 0 Å². The van der Waals surface area contributed by atoms with Crippen LogP contribution in [0.2, 0.25) is 5.02 Å². The van der Waals surface area contributed by atoms with Gasteiger partial charge in [0, 0.05) is 20.5 Å². The highest BCUT2D eigenvalue weighted by molar-refractivity contribution is 7.99. The van der Waals surface area contributed by atoms with Crippen LogP contribution in [-0.4, -0.2) is 0 Å². The molecular formula is C13H12ClNS. The largest absolute Gasteiger partial charge is 0.399 e. The second-order valence-corrected chi connectivity index (χ2v) is 5.16. The molecule has 0 aliphatic carbocycles. The van der Waals surface area contributed by atoms with Gasteiger partial charge in [-0.05, 0) is 48.9 Å². The Bertz CT molecular complexity index is 511. The third-order valence-corrected chi connectivity index (χ3v) is 3.49. The first-order valence-electron chi connectivity index (χ1n) is 4.95. The molecule has 3 heteroatoms. The minimum atomic E-state index is 0.761. The van der Waals surface area contributed by atoms with Gasteiger partial charge in [-0.1, -0.05) is 29.4 Å². The minimum Gasteiger partial charge on any atom is -0.399 e. The van der Waals surface area contributed by atoms with Crippen molar-refractivity contribution in [3.05, 3.63) is 53.1 Å². The van der Waals surface area contributed by atoms with E-state index in [9.17, 15) is 0 Å². The van der Waals surface area contributed by atoms with Crippen LogP contribution in [0.5, 0.6) is 0 Å². The van der Waals surface area contributed by atoms with E-state index >= 15 is 0 Å². The third kappa shape index (κ3) is 2.71. The van der Waals surface area contributed by atoms with E-state index in [4.69, 9.17) is 17.3 Å². The number of hydrogen-bond acceptors (Lipinski definition) is 2. The zero-order chi connectivity index (χ0) is 11.5. The summed E-state index contributed by atoms with van der Waals surface area (Å²) < 4.78 is 0. The molecule has 0 aliphatic heterocycles. The molecule has 0 heterocycles. The van der Waals surface area contributed by atoms with Crippen LogP contribution in [0.25, 0.3) is 0 Å². The van der Waals surface area contributed by atoms with Crippen molar-refractivity contribution in [2.75, 3.05) is 5.73 Å². The second-order valence-electron chi connectivity index (χ2n) is 3.58. The van der Waals surface area contributed by atoms with Gasteiger partial charge in [0.1, 0.15) is 0 Å². The van der Waals surface area contributed by atoms with Gasteiger partial charge < -0.3 is 5.73 Å². The van der Waals surface area contributed by atoms with E-state index in [1.807, 2.05) is 43.3 Å². The highest BCUT2D eigenvalue weighted by Gasteiger charge is 2.00. The van der Waals surface area contributed by atoms with Crippen molar-refractivity contribution in [2.24, 2.45) is 0 Å². The molecule has 2 N–H and O–H groups in total. The van der Waals surface area contributed by atoms with Crippen molar-refractivity contribution < 1.29 is 0 Å². The first-order chi connectivity index (χ1) is 7.65. The van der Waals surface area contributed by atoms with E-state index in [1.165, 1.54) is 4.90 Å². The van der Waals surface area contributed by atoms with Crippen molar-refractivity contribution in [3.63, 3.8) is 0 Å². The minimum absolute atomic E-state index is 0.761. The molecule has 0 atom stereocenters. The summed E-state index contributed by atoms with van der Waals surface area (Å²) in [5, 5.41) is 0.761. The number of hydrogen-bond donors (Lipinski definition) is 1. The van der Waals surface area contributed by atoms with Crippen LogP contribution in [0, 0.1) is 6.92 Å². The third-order valence-electron chi connectivity index (χ3n) is 2.27. The topological polar surface area (TPSA) is 26.0 Å². The number of aryl methyl sites for hydroxylation is 1. The molecule has 0 aromatic heterocycles. The molecule has 0 amide bonds. The van der Waals surface area contributed by atoms with Gasteiger partial charge in [0.25, 0.3) is 0 Å². The molecule has 16 heavy (non-hydrogen) atoms. The van der Waals surface area contributed by atoms with E-state index in [1.54, 1.807) is 11.8 Å². The molecule has 0 bridgehead atoms. The molecule has 1 nitrogen and oxygen atoms in total. The van der Waals surface area contributed by atoms with Crippen LogP contribution < -0.4 is 5.73 Å². The lowest BCUT2D eigenvalue weighted by atomic mass is 10.2. The van der Waals surface area contributed by atoms with Crippen LogP contribution in [0.4, 0.5) is 5.69 Å². The molecule has 2 aromatic carbocycles. The molecule has 0 fully saturated rings. The van der Waals surface area contributed by atoms with Crippen LogP contribution in [0.15, 0.2) is 52.3 Å². The summed E-state index contributed by atoms with van der Waals surface area (Å²) in [5.74, 6) is 0. The Morgan fingerprint density at radius 3 is 2.50 bits per heavy atom. The van der Waals surface area contributed by atoms with Gasteiger partial charge in [0.2, 0.25) is 0 Å². The fraction of sp³-hybridized carbons (Fsp3) is 0.0769. The average Bonchev–Trinajstić information content (AvgIpc) is 2.24. The Morgan fingerprint density at radius 1 is 1.06 bits per heavy atom. The van der Waals surface area contributed by atoms with Crippen molar-refractivity contribution in [1.29, 1.82) is 0 Å². The fourth-order valence-electron chi connectivity index (χ4n) is 1.38. The molecule has 2 rings (SSSR count). The monoisotopic (exact) mass is 249 g/mol. The van der Waals surface area contributed by atoms with Gasteiger partial charge in [0.05, 0.1) is 0 Å². The number of benzene rings is 2. The first-order valence-corrected chi connectivity index (χ1v) is 6.14. The number of rotatable bonds is 2. The lowest BCUT2D eigenvalue weighted by Crippen LogP contribution is -1.88. The summed E-state index contributed by atoms with van der Waals surface area (Å²) in [5.41, 5.74) is 7.71. The molecule has 0 saturated carbocycles. The molecule has 0 radical (unpaired) electrons. The van der Waals surface area contributed by atoms with Gasteiger partial charge in [0.15, 0.2) is 0 Å². The van der Waals surface area contributed by atoms with Crippen molar-refractivity contribution in [2.45, 2.75) is 16.7 Å². The van der Waals surface area contributed by atoms with E-state index < -0.39 is 0 Å². The zero-order valence-electron chi connectivity index (χ0n) is 8.91. The maximum Gasteiger partial charge on any atom is 0.0417 e. The standard InChI is InChI=1S/C13H12ClNS/c1-9-7-12(5-6-13(9)15)16-11-4-2-3-10(14)8-11/h2-8H,15H2,1H3. The van der Waals surface area contributed by atoms with E-state index in [0.717, 1.165) is 21.2 Å². The predicted octanol–water partition coefficient (Wildman–Crippen LogP) is 4.38. The highest BCUT2D eigenvalue weighted by Crippen LogP contribution is 2.30. The van der Waals surface area contributed by atoms with Gasteiger partial charge >= 0.3 is 0 Å². The lowest BCUT2D eigenvalue weighted by molar-refractivity contribution is 1.35. The molecule has 0 spiro atoms. The molecule has 82 valence electrons. The summed E-state index contributed by atoms with van der Waals surface area (Å²) in [7, 11) is 0. The Hall–Kier alpha value is -1.12. The van der Waals surface area contributed by atoms with E-state index in [0.29, 0.717) is 0 Å². The summed E-state index contributed by atoms with van der Waals surface area (Å²) in [6.45, 7) is 2.01.